The van der Waals surface area contributed by atoms with Gasteiger partial charge in [-0.1, -0.05) is 12.2 Å². The number of nitrogens with zero attached hydrogens (tertiary/aromatic N) is 7. The van der Waals surface area contributed by atoms with E-state index in [1.807, 2.05) is 0 Å². The van der Waals surface area contributed by atoms with E-state index >= 15 is 4.39 Å². The lowest BCUT2D eigenvalue weighted by molar-refractivity contribution is -0.119. The van der Waals surface area contributed by atoms with Gasteiger partial charge in [-0.2, -0.15) is 4.99 Å². The molecule has 3 N–H and O–H groups in total. The van der Waals surface area contributed by atoms with Gasteiger partial charge in [-0.05, 0) is 11.8 Å². The second-order valence-electron chi connectivity index (χ2n) is 8.71. The molecule has 4 aliphatic rings. The van der Waals surface area contributed by atoms with Crippen molar-refractivity contribution in [1.82, 2.24) is 29.7 Å². The highest BCUT2D eigenvalue weighted by atomic mass is 32.7. The molecule has 1 amide bonds. The third-order valence-corrected chi connectivity index (χ3v) is 9.39. The number of rotatable bonds is 1. The van der Waals surface area contributed by atoms with Gasteiger partial charge < -0.3 is 23.2 Å². The van der Waals surface area contributed by atoms with Crippen molar-refractivity contribution in [3.05, 3.63) is 18.3 Å². The first-order valence-electron chi connectivity index (χ1n) is 11.5. The SMILES string of the molecule is N=C1N=C2C(N=CN2[C@@H]2O[C@@H]3COP(O)(=S)OCCn4c(nc5cncnc54)COP(=O)(S)O[C@@H]2[C@@H]3F)C(=O)N1. The lowest BCUT2D eigenvalue weighted by Crippen LogP contribution is -2.53. The van der Waals surface area contributed by atoms with Gasteiger partial charge in [0.25, 0.3) is 5.91 Å². The van der Waals surface area contributed by atoms with Crippen LogP contribution in [0, 0.1) is 5.41 Å². The van der Waals surface area contributed by atoms with Crippen LogP contribution in [0.5, 0.6) is 0 Å². The zero-order valence-electron chi connectivity index (χ0n) is 20.0. The first-order chi connectivity index (χ1) is 19.0. The molecule has 7 atom stereocenters. The van der Waals surface area contributed by atoms with Crippen LogP contribution >= 0.6 is 25.8 Å². The molecular weight excluding hydrogens is 615 g/mol. The number of alkyl halides is 1. The lowest BCUT2D eigenvalue weighted by Gasteiger charge is -2.30. The Balaban J connectivity index is 1.33. The number of hydrogen-bond donors (Lipinski definition) is 4. The van der Waals surface area contributed by atoms with Crippen LogP contribution in [0.3, 0.4) is 0 Å². The highest BCUT2D eigenvalue weighted by Crippen LogP contribution is 2.57. The summed E-state index contributed by atoms with van der Waals surface area (Å²) in [5, 5.41) is 9.98. The number of hydrogen-bond acceptors (Lipinski definition) is 14. The number of nitrogens with one attached hydrogen (secondary N) is 2. The van der Waals surface area contributed by atoms with Crippen LogP contribution in [-0.2, 0) is 57.1 Å². The molecule has 0 aromatic carbocycles. The number of halogens is 1. The van der Waals surface area contributed by atoms with Crippen LogP contribution < -0.4 is 5.32 Å². The van der Waals surface area contributed by atoms with Crippen molar-refractivity contribution < 1.29 is 41.5 Å². The molecule has 1 saturated heterocycles. The minimum atomic E-state index is -4.30. The van der Waals surface area contributed by atoms with Crippen molar-refractivity contribution in [2.75, 3.05) is 13.2 Å². The monoisotopic (exact) mass is 635 g/mol. The second kappa shape index (κ2) is 10.5. The van der Waals surface area contributed by atoms with Crippen LogP contribution in [-0.4, -0.2) is 97.2 Å². The zero-order valence-corrected chi connectivity index (χ0v) is 23.5. The number of ether oxygens (including phenoxy) is 1. The molecule has 0 radical (unpaired) electrons. The average molecular weight is 635 g/mol. The van der Waals surface area contributed by atoms with E-state index in [1.165, 1.54) is 23.8 Å². The first-order valence-corrected chi connectivity index (χ1v) is 16.8. The highest BCUT2D eigenvalue weighted by Gasteiger charge is 2.54. The molecule has 6 rings (SSSR count). The van der Waals surface area contributed by atoms with E-state index in [2.05, 4.69) is 42.5 Å². The third kappa shape index (κ3) is 5.36. The van der Waals surface area contributed by atoms with Gasteiger partial charge in [0.15, 0.2) is 29.9 Å². The maximum Gasteiger partial charge on any atom is 0.387 e. The molecule has 6 heterocycles. The van der Waals surface area contributed by atoms with Gasteiger partial charge in [0.2, 0.25) is 5.96 Å². The van der Waals surface area contributed by atoms with Gasteiger partial charge >= 0.3 is 13.5 Å². The normalized spacial score (nSPS) is 36.9. The minimum Gasteiger partial charge on any atom is -0.346 e. The lowest BCUT2D eigenvalue weighted by atomic mass is 10.1. The molecule has 3 unspecified atom stereocenters. The summed E-state index contributed by atoms with van der Waals surface area (Å²) in [7, 11) is 0. The van der Waals surface area contributed by atoms with E-state index in [4.69, 9.17) is 40.0 Å². The Hall–Kier alpha value is -2.25. The molecule has 0 spiro atoms. The Morgan fingerprint density at radius 1 is 1.32 bits per heavy atom. The van der Waals surface area contributed by atoms with Crippen LogP contribution in [0.1, 0.15) is 5.82 Å². The smallest absolute Gasteiger partial charge is 0.346 e. The number of thiol groups is 1. The molecule has 40 heavy (non-hydrogen) atoms. The summed E-state index contributed by atoms with van der Waals surface area (Å²) in [5.41, 5.74) is 0.809. The number of fused-ring (bicyclic) bond motifs is 6. The van der Waals surface area contributed by atoms with E-state index in [0.29, 0.717) is 11.2 Å². The quantitative estimate of drug-likeness (QED) is 0.245. The molecule has 2 aromatic rings. The highest BCUT2D eigenvalue weighted by molar-refractivity contribution is 8.44. The van der Waals surface area contributed by atoms with E-state index in [0.717, 1.165) is 0 Å². The molecule has 0 aliphatic carbocycles. The van der Waals surface area contributed by atoms with Crippen molar-refractivity contribution in [3.63, 3.8) is 0 Å². The minimum absolute atomic E-state index is 0.0316. The topological polar surface area (TPSA) is 208 Å². The summed E-state index contributed by atoms with van der Waals surface area (Å²) >= 11 is 9.12. The van der Waals surface area contributed by atoms with Gasteiger partial charge in [-0.25, -0.2) is 23.9 Å². The fourth-order valence-electron chi connectivity index (χ4n) is 4.44. The van der Waals surface area contributed by atoms with Gasteiger partial charge in [0.05, 0.1) is 25.7 Å². The Bertz CT molecular complexity index is 1540. The van der Waals surface area contributed by atoms with Crippen LogP contribution in [0.2, 0.25) is 0 Å². The molecule has 2 bridgehead atoms. The van der Waals surface area contributed by atoms with Crippen molar-refractivity contribution >= 4 is 72.8 Å². The number of amidine groups is 1. The number of imidazole rings is 1. The molecule has 1 fully saturated rings. The number of guanidine groups is 1. The molecule has 22 heteroatoms. The Labute approximate surface area is 234 Å². The first kappa shape index (κ1) is 27.9. The maximum atomic E-state index is 15.8. The number of carbonyl (C=O) groups excluding carboxylic acids is 1. The molecule has 0 saturated carbocycles. The molecule has 4 aliphatic heterocycles. The van der Waals surface area contributed by atoms with Crippen molar-refractivity contribution in [1.29, 1.82) is 5.41 Å². The fourth-order valence-corrected chi connectivity index (χ4v) is 6.94. The number of amides is 1. The van der Waals surface area contributed by atoms with Gasteiger partial charge in [-0.15, -0.1) is 0 Å². The van der Waals surface area contributed by atoms with Gasteiger partial charge in [0, 0.05) is 6.54 Å². The van der Waals surface area contributed by atoms with Crippen LogP contribution in [0.4, 0.5) is 4.39 Å². The molecular formula is C18H20FN9O8P2S2. The summed E-state index contributed by atoms with van der Waals surface area (Å²) in [6, 6.07) is -1.11. The van der Waals surface area contributed by atoms with Crippen LogP contribution in [0.15, 0.2) is 22.5 Å². The predicted octanol–water partition coefficient (Wildman–Crippen LogP) is 0.268. The van der Waals surface area contributed by atoms with Crippen molar-refractivity contribution in [3.8, 4) is 0 Å². The summed E-state index contributed by atoms with van der Waals surface area (Å²) in [6.45, 7) is -9.16. The summed E-state index contributed by atoms with van der Waals surface area (Å²) in [5.74, 6) is -0.870. The maximum absolute atomic E-state index is 15.8. The molecule has 17 nitrogen and oxygen atoms in total. The van der Waals surface area contributed by atoms with E-state index < -0.39 is 69.2 Å². The Morgan fingerprint density at radius 3 is 2.98 bits per heavy atom. The van der Waals surface area contributed by atoms with E-state index in [-0.39, 0.29) is 24.8 Å². The average Bonchev–Trinajstić information content (AvgIpc) is 3.55. The number of aromatic nitrogens is 4. The second-order valence-corrected chi connectivity index (χ2v) is 14.4. The van der Waals surface area contributed by atoms with Gasteiger partial charge in [-0.3, -0.25) is 34.5 Å². The zero-order chi connectivity index (χ0) is 28.2. The largest absolute Gasteiger partial charge is 0.387 e. The summed E-state index contributed by atoms with van der Waals surface area (Å²) in [4.78, 5) is 44.6. The van der Waals surface area contributed by atoms with E-state index in [1.54, 1.807) is 4.57 Å². The van der Waals surface area contributed by atoms with Crippen molar-refractivity contribution in [2.24, 2.45) is 9.98 Å². The number of carbonyl (C=O) groups is 1. The standard InChI is InChI=1S/C18H20FN9O8P2S2/c19-11-9-4-33-37(30,39)32-2-1-27-10(24-8-3-21-6-22-14(8)27)5-34-38(31,40)36-13(11)17(35-9)28-7-23-12-15(28)25-18(20)26-16(12)29/h3,6-7,9,11-13,17H,1-2,4-5H2,(H,30,39)(H,31,40)(H2,20,26,29)/t9-,11-,12?,13-,17-,37?,38?/m1/s1. The molecule has 2 aromatic heterocycles. The van der Waals surface area contributed by atoms with Crippen LogP contribution in [0.25, 0.3) is 11.2 Å². The predicted molar refractivity (Wildman–Crippen MR) is 141 cm³/mol. The van der Waals surface area contributed by atoms with E-state index in [9.17, 15) is 14.3 Å². The Morgan fingerprint density at radius 2 is 2.15 bits per heavy atom. The Kier molecular flexibility index (Phi) is 7.35. The fraction of sp³-hybridized carbons (Fsp3) is 0.500. The van der Waals surface area contributed by atoms with Gasteiger partial charge in [0.1, 0.15) is 36.5 Å². The third-order valence-electron chi connectivity index (χ3n) is 6.18. The number of aliphatic imine (C=N–C) groups is 2. The summed E-state index contributed by atoms with van der Waals surface area (Å²) in [6.07, 6.45) is -2.51. The summed E-state index contributed by atoms with van der Waals surface area (Å²) < 4.78 is 58.3. The van der Waals surface area contributed by atoms with Crippen molar-refractivity contribution in [2.45, 2.75) is 43.8 Å². The molecule has 214 valence electrons.